The molecule has 1 aromatic carbocycles. The SMILES string of the molecule is CCNC(=NCC(O)c1ccc(OC(F)F)cc1)NCCc1cccs1. The van der Waals surface area contributed by atoms with Gasteiger partial charge in [0.1, 0.15) is 5.75 Å². The molecular weight excluding hydrogens is 360 g/mol. The van der Waals surface area contributed by atoms with Gasteiger partial charge in [-0.1, -0.05) is 18.2 Å². The van der Waals surface area contributed by atoms with Crippen molar-refractivity contribution in [3.63, 3.8) is 0 Å². The van der Waals surface area contributed by atoms with E-state index in [4.69, 9.17) is 0 Å². The maximum Gasteiger partial charge on any atom is 0.387 e. The average molecular weight is 383 g/mol. The van der Waals surface area contributed by atoms with E-state index in [2.05, 4.69) is 26.4 Å². The van der Waals surface area contributed by atoms with Crippen molar-refractivity contribution in [1.29, 1.82) is 0 Å². The summed E-state index contributed by atoms with van der Waals surface area (Å²) in [7, 11) is 0. The van der Waals surface area contributed by atoms with E-state index in [1.165, 1.54) is 17.0 Å². The van der Waals surface area contributed by atoms with Gasteiger partial charge in [-0.25, -0.2) is 0 Å². The second-order valence-electron chi connectivity index (χ2n) is 5.44. The molecule has 2 aromatic rings. The molecule has 26 heavy (non-hydrogen) atoms. The molecule has 0 aliphatic carbocycles. The summed E-state index contributed by atoms with van der Waals surface area (Å²) in [6.07, 6.45) is 0.0688. The van der Waals surface area contributed by atoms with Crippen molar-refractivity contribution < 1.29 is 18.6 Å². The van der Waals surface area contributed by atoms with Crippen LogP contribution in [0.3, 0.4) is 0 Å². The maximum atomic E-state index is 12.2. The fourth-order valence-corrected chi connectivity index (χ4v) is 2.96. The molecule has 0 saturated carbocycles. The number of ether oxygens (including phenoxy) is 1. The Hall–Kier alpha value is -2.19. The van der Waals surface area contributed by atoms with Gasteiger partial charge in [-0.3, -0.25) is 4.99 Å². The Bertz CT molecular complexity index is 664. The van der Waals surface area contributed by atoms with Crippen LogP contribution in [0.15, 0.2) is 46.8 Å². The molecule has 0 saturated heterocycles. The molecule has 1 aromatic heterocycles. The van der Waals surface area contributed by atoms with E-state index < -0.39 is 12.7 Å². The fourth-order valence-electron chi connectivity index (χ4n) is 2.26. The number of hydrogen-bond donors (Lipinski definition) is 3. The van der Waals surface area contributed by atoms with Crippen LogP contribution in [-0.4, -0.2) is 37.3 Å². The number of benzene rings is 1. The number of guanidine groups is 1. The van der Waals surface area contributed by atoms with Crippen LogP contribution in [0.5, 0.6) is 5.75 Å². The van der Waals surface area contributed by atoms with Crippen molar-refractivity contribution >= 4 is 17.3 Å². The second-order valence-corrected chi connectivity index (χ2v) is 6.47. The standard InChI is InChI=1S/C18H23F2N3O2S/c1-2-21-18(22-10-9-15-4-3-11-26-15)23-12-16(24)13-5-7-14(8-6-13)25-17(19)20/h3-8,11,16-17,24H,2,9-10,12H2,1H3,(H2,21,22,23). The number of aliphatic imine (C=N–C) groups is 1. The lowest BCUT2D eigenvalue weighted by molar-refractivity contribution is -0.0498. The van der Waals surface area contributed by atoms with Crippen LogP contribution in [0.2, 0.25) is 0 Å². The van der Waals surface area contributed by atoms with Crippen LogP contribution < -0.4 is 15.4 Å². The quantitative estimate of drug-likeness (QED) is 0.460. The Morgan fingerprint density at radius 3 is 2.62 bits per heavy atom. The lowest BCUT2D eigenvalue weighted by atomic mass is 10.1. The molecule has 0 amide bonds. The monoisotopic (exact) mass is 383 g/mol. The first-order chi connectivity index (χ1) is 12.6. The molecule has 2 rings (SSSR count). The summed E-state index contributed by atoms with van der Waals surface area (Å²) in [6.45, 7) is 0.707. The topological polar surface area (TPSA) is 65.9 Å². The number of hydrogen-bond acceptors (Lipinski definition) is 4. The molecule has 142 valence electrons. The van der Waals surface area contributed by atoms with Crippen molar-refractivity contribution in [2.45, 2.75) is 26.1 Å². The lowest BCUT2D eigenvalue weighted by Gasteiger charge is -2.13. The van der Waals surface area contributed by atoms with Gasteiger partial charge >= 0.3 is 6.61 Å². The van der Waals surface area contributed by atoms with E-state index in [0.29, 0.717) is 18.1 Å². The minimum Gasteiger partial charge on any atom is -0.435 e. The van der Waals surface area contributed by atoms with E-state index in [9.17, 15) is 13.9 Å². The molecule has 0 aliphatic heterocycles. The summed E-state index contributed by atoms with van der Waals surface area (Å²) in [6, 6.07) is 10.0. The predicted octanol–water partition coefficient (Wildman–Crippen LogP) is 3.18. The number of rotatable bonds is 9. The highest BCUT2D eigenvalue weighted by Crippen LogP contribution is 2.19. The third-order valence-electron chi connectivity index (χ3n) is 3.50. The van der Waals surface area contributed by atoms with Gasteiger partial charge in [0.25, 0.3) is 0 Å². The summed E-state index contributed by atoms with van der Waals surface area (Å²) in [5.74, 6) is 0.684. The Morgan fingerprint density at radius 2 is 2.00 bits per heavy atom. The maximum absolute atomic E-state index is 12.2. The first kappa shape index (κ1) is 20.1. The van der Waals surface area contributed by atoms with Gasteiger partial charge < -0.3 is 20.5 Å². The molecule has 0 radical (unpaired) electrons. The van der Waals surface area contributed by atoms with Gasteiger partial charge in [0.05, 0.1) is 12.6 Å². The van der Waals surface area contributed by atoms with Crippen LogP contribution >= 0.6 is 11.3 Å². The molecule has 0 fully saturated rings. The van der Waals surface area contributed by atoms with Gasteiger partial charge in [0.15, 0.2) is 5.96 Å². The van der Waals surface area contributed by atoms with Crippen LogP contribution in [0.25, 0.3) is 0 Å². The largest absolute Gasteiger partial charge is 0.435 e. The molecule has 0 spiro atoms. The Balaban J connectivity index is 1.86. The van der Waals surface area contributed by atoms with Crippen molar-refractivity contribution in [2.75, 3.05) is 19.6 Å². The first-order valence-corrected chi connectivity index (χ1v) is 9.24. The third-order valence-corrected chi connectivity index (χ3v) is 4.44. The summed E-state index contributed by atoms with van der Waals surface area (Å²) < 4.78 is 28.6. The van der Waals surface area contributed by atoms with Crippen molar-refractivity contribution in [2.24, 2.45) is 4.99 Å². The molecular formula is C18H23F2N3O2S. The zero-order valence-electron chi connectivity index (χ0n) is 14.5. The van der Waals surface area contributed by atoms with Crippen molar-refractivity contribution in [1.82, 2.24) is 10.6 Å². The minimum absolute atomic E-state index is 0.0584. The van der Waals surface area contributed by atoms with Crippen LogP contribution in [0.4, 0.5) is 8.78 Å². The van der Waals surface area contributed by atoms with E-state index in [0.717, 1.165) is 13.0 Å². The van der Waals surface area contributed by atoms with E-state index in [-0.39, 0.29) is 12.3 Å². The van der Waals surface area contributed by atoms with E-state index in [1.54, 1.807) is 23.5 Å². The van der Waals surface area contributed by atoms with Gasteiger partial charge in [-0.2, -0.15) is 8.78 Å². The number of nitrogens with zero attached hydrogens (tertiary/aromatic N) is 1. The van der Waals surface area contributed by atoms with Crippen molar-refractivity contribution in [3.8, 4) is 5.75 Å². The van der Waals surface area contributed by atoms with Crippen LogP contribution in [-0.2, 0) is 6.42 Å². The average Bonchev–Trinajstić information content (AvgIpc) is 3.13. The molecule has 0 bridgehead atoms. The van der Waals surface area contributed by atoms with Gasteiger partial charge in [-0.15, -0.1) is 11.3 Å². The molecule has 1 atom stereocenters. The van der Waals surface area contributed by atoms with E-state index >= 15 is 0 Å². The summed E-state index contributed by atoms with van der Waals surface area (Å²) in [4.78, 5) is 5.67. The minimum atomic E-state index is -2.86. The Kier molecular flexibility index (Phi) is 8.30. The number of thiophene rings is 1. The Labute approximate surface area is 155 Å². The number of alkyl halides is 2. The lowest BCUT2D eigenvalue weighted by Crippen LogP contribution is -2.38. The van der Waals surface area contributed by atoms with E-state index in [1.807, 2.05) is 18.4 Å². The van der Waals surface area contributed by atoms with Gasteiger partial charge in [0.2, 0.25) is 0 Å². The highest BCUT2D eigenvalue weighted by atomic mass is 32.1. The molecule has 5 nitrogen and oxygen atoms in total. The molecule has 1 heterocycles. The molecule has 1 unspecified atom stereocenters. The van der Waals surface area contributed by atoms with Gasteiger partial charge in [-0.05, 0) is 42.5 Å². The number of halogens is 2. The van der Waals surface area contributed by atoms with Crippen molar-refractivity contribution in [3.05, 3.63) is 52.2 Å². The summed E-state index contributed by atoms with van der Waals surface area (Å²) in [5.41, 5.74) is 0.588. The predicted molar refractivity (Wildman–Crippen MR) is 100 cm³/mol. The highest BCUT2D eigenvalue weighted by Gasteiger charge is 2.09. The molecule has 3 N–H and O–H groups in total. The zero-order chi connectivity index (χ0) is 18.8. The highest BCUT2D eigenvalue weighted by molar-refractivity contribution is 7.09. The molecule has 8 heteroatoms. The van der Waals surface area contributed by atoms with Crippen LogP contribution in [0, 0.1) is 0 Å². The third kappa shape index (κ3) is 6.97. The Morgan fingerprint density at radius 1 is 1.23 bits per heavy atom. The summed E-state index contributed by atoms with van der Waals surface area (Å²) >= 11 is 1.71. The second kappa shape index (κ2) is 10.7. The normalized spacial score (nSPS) is 12.9. The molecule has 0 aliphatic rings. The zero-order valence-corrected chi connectivity index (χ0v) is 15.3. The van der Waals surface area contributed by atoms with Crippen LogP contribution in [0.1, 0.15) is 23.5 Å². The number of aliphatic hydroxyl groups excluding tert-OH is 1. The fraction of sp³-hybridized carbons (Fsp3) is 0.389. The number of aliphatic hydroxyl groups is 1. The first-order valence-electron chi connectivity index (χ1n) is 8.36. The smallest absolute Gasteiger partial charge is 0.387 e. The number of nitrogens with one attached hydrogen (secondary N) is 2. The van der Waals surface area contributed by atoms with Gasteiger partial charge in [0, 0.05) is 18.0 Å². The summed E-state index contributed by atoms with van der Waals surface area (Å²) in [5, 5.41) is 18.6.